The smallest absolute Gasteiger partial charge is 0.0512 e. The molecule has 0 spiro atoms. The summed E-state index contributed by atoms with van der Waals surface area (Å²) in [5, 5.41) is 0. The topological polar surface area (TPSA) is 0 Å². The molecule has 2 aliphatic rings. The molecule has 0 aromatic heterocycles. The van der Waals surface area contributed by atoms with E-state index in [1.54, 1.807) is 22.3 Å². The van der Waals surface area contributed by atoms with Gasteiger partial charge in [-0.2, -0.15) is 45.5 Å². The average molecular weight is 487 g/mol. The molecule has 2 aliphatic carbocycles. The summed E-state index contributed by atoms with van der Waals surface area (Å²) >= 11 is -1.65. The average Bonchev–Trinajstić information content (AvgIpc) is 3.16. The maximum atomic E-state index is 5.62. The van der Waals surface area contributed by atoms with Crippen molar-refractivity contribution in [3.63, 3.8) is 0 Å². The van der Waals surface area contributed by atoms with Gasteiger partial charge in [-0.25, -0.2) is 12.1 Å². The van der Waals surface area contributed by atoms with Crippen molar-refractivity contribution < 1.29 is 18.0 Å². The zero-order valence-electron chi connectivity index (χ0n) is 16.7. The molecule has 0 nitrogen and oxygen atoms in total. The van der Waals surface area contributed by atoms with E-state index in [0.29, 0.717) is 0 Å². The van der Waals surface area contributed by atoms with Crippen LogP contribution in [0.2, 0.25) is 13.1 Å². The number of rotatable bonds is 0. The molecule has 2 aromatic carbocycles. The first-order chi connectivity index (χ1) is 12.4. The molecule has 0 amide bonds. The van der Waals surface area contributed by atoms with Crippen molar-refractivity contribution in [1.82, 2.24) is 0 Å². The van der Waals surface area contributed by atoms with Crippen LogP contribution in [-0.2, 0) is 43.7 Å². The summed E-state index contributed by atoms with van der Waals surface area (Å²) in [7, 11) is 11.2. The van der Waals surface area contributed by atoms with E-state index in [9.17, 15) is 0 Å². The molecule has 0 fully saturated rings. The molecule has 0 heterocycles. The van der Waals surface area contributed by atoms with Gasteiger partial charge in [-0.05, 0) is 0 Å². The van der Waals surface area contributed by atoms with Crippen LogP contribution < -0.4 is 0 Å². The fourth-order valence-electron chi connectivity index (χ4n) is 3.75. The van der Waals surface area contributed by atoms with Gasteiger partial charge in [0.25, 0.3) is 0 Å². The zero-order chi connectivity index (χ0) is 19.1. The number of aryl methyl sites for hydroxylation is 6. The Balaban J connectivity index is 0.000000146. The quantitative estimate of drug-likeness (QED) is 0.270. The summed E-state index contributed by atoms with van der Waals surface area (Å²) in [5.74, 6) is 0. The summed E-state index contributed by atoms with van der Waals surface area (Å²) < 4.78 is 0. The van der Waals surface area contributed by atoms with Crippen LogP contribution in [0.3, 0.4) is 0 Å². The van der Waals surface area contributed by atoms with Gasteiger partial charge in [0, 0.05) is 0 Å². The molecule has 0 atom stereocenters. The van der Waals surface area contributed by atoms with E-state index in [4.69, 9.17) is 17.0 Å². The summed E-state index contributed by atoms with van der Waals surface area (Å²) in [5.41, 5.74) is 9.14. The van der Waals surface area contributed by atoms with E-state index in [-0.39, 0.29) is 5.43 Å². The second-order valence-corrected chi connectivity index (χ2v) is 30.8. The Morgan fingerprint density at radius 3 is 1.42 bits per heavy atom. The van der Waals surface area contributed by atoms with Gasteiger partial charge in [0.2, 0.25) is 0 Å². The van der Waals surface area contributed by atoms with Crippen molar-refractivity contribution in [3.05, 3.63) is 57.6 Å². The van der Waals surface area contributed by atoms with Gasteiger partial charge in [-0.15, -0.1) is 0 Å². The first kappa shape index (κ1) is 22.7. The number of hydrogen-bond acceptors (Lipinski definition) is 0. The Hall–Kier alpha value is 0.380. The molecule has 4 rings (SSSR count). The summed E-state index contributed by atoms with van der Waals surface area (Å²) in [6.45, 7) is 8.72. The van der Waals surface area contributed by atoms with Gasteiger partial charge in [-0.3, -0.25) is 0 Å². The first-order valence-electron chi connectivity index (χ1n) is 9.85. The van der Waals surface area contributed by atoms with E-state index in [0.717, 1.165) is 0 Å². The Morgan fingerprint density at radius 1 is 0.769 bits per heavy atom. The number of fused-ring (bicyclic) bond motifs is 2. The van der Waals surface area contributed by atoms with Crippen LogP contribution in [0, 0.1) is 13.8 Å². The third kappa shape index (κ3) is 7.42. The summed E-state index contributed by atoms with van der Waals surface area (Å²) in [6, 6.07) is 9.37. The van der Waals surface area contributed by atoms with Crippen LogP contribution in [-0.4, -0.2) is 5.43 Å². The maximum Gasteiger partial charge on any atom is -0.0512 e. The SMILES string of the molecule is C[Si](C)=[Zr]([Cl])[Cl].Cc1cc2c([cH-]1)CCCC2.Cc1cc2c([cH-]1)CCCC2. The van der Waals surface area contributed by atoms with Crippen molar-refractivity contribution in [2.24, 2.45) is 0 Å². The molecule has 0 N–H and O–H groups in total. The Kier molecular flexibility index (Phi) is 9.94. The van der Waals surface area contributed by atoms with Gasteiger partial charge in [0.15, 0.2) is 0 Å². The summed E-state index contributed by atoms with van der Waals surface area (Å²) in [6.07, 6.45) is 10.9. The minimum absolute atomic E-state index is 0.224. The van der Waals surface area contributed by atoms with Crippen molar-refractivity contribution in [2.75, 3.05) is 0 Å². The third-order valence-corrected chi connectivity index (χ3v) is 24.8. The first-order valence-corrected chi connectivity index (χ1v) is 22.4. The minimum Gasteiger partial charge on any atom is -0.207 e. The molecule has 0 aliphatic heterocycles. The monoisotopic (exact) mass is 484 g/mol. The van der Waals surface area contributed by atoms with E-state index >= 15 is 0 Å². The molecule has 2 aromatic rings. The zero-order valence-corrected chi connectivity index (χ0v) is 21.7. The van der Waals surface area contributed by atoms with Crippen molar-refractivity contribution in [3.8, 4) is 0 Å². The van der Waals surface area contributed by atoms with E-state index < -0.39 is 18.0 Å². The van der Waals surface area contributed by atoms with Crippen LogP contribution in [0.1, 0.15) is 59.1 Å². The molecular formula is C22H32Cl2SiZr-2. The molecule has 0 unspecified atom stereocenters. The minimum atomic E-state index is -1.65. The number of halogens is 2. The Morgan fingerprint density at radius 2 is 1.12 bits per heavy atom. The Bertz CT molecular complexity index is 622. The van der Waals surface area contributed by atoms with E-state index in [1.807, 2.05) is 0 Å². The second-order valence-electron chi connectivity index (χ2n) is 7.84. The van der Waals surface area contributed by atoms with Crippen LogP contribution >= 0.6 is 17.0 Å². The van der Waals surface area contributed by atoms with Crippen molar-refractivity contribution >= 4 is 22.5 Å². The van der Waals surface area contributed by atoms with Crippen LogP contribution in [0.5, 0.6) is 0 Å². The molecular weight excluding hydrogens is 454 g/mol. The van der Waals surface area contributed by atoms with Crippen molar-refractivity contribution in [1.29, 1.82) is 0 Å². The predicted molar refractivity (Wildman–Crippen MR) is 116 cm³/mol. The molecule has 0 bridgehead atoms. The summed E-state index contributed by atoms with van der Waals surface area (Å²) in [4.78, 5) is 0. The van der Waals surface area contributed by atoms with Gasteiger partial charge in [0.05, 0.1) is 0 Å². The fourth-order valence-corrected chi connectivity index (χ4v) is 3.75. The van der Waals surface area contributed by atoms with Crippen molar-refractivity contribution in [2.45, 2.75) is 78.3 Å². The van der Waals surface area contributed by atoms with E-state index in [1.165, 1.54) is 62.5 Å². The standard InChI is InChI=1S/2C10H13.C2H6Si.2ClH.Zr/c2*1-8-6-9-4-2-3-5-10(9)7-8;1-3-2;;;/h2*6-7H,2-5H2,1H3;1-2H3;2*1H;/q2*-1;;;;+2/p-2. The number of hydrogen-bond donors (Lipinski definition) is 0. The van der Waals surface area contributed by atoms with Gasteiger partial charge in [-0.1, -0.05) is 65.2 Å². The van der Waals surface area contributed by atoms with E-state index in [2.05, 4.69) is 51.2 Å². The molecule has 4 heteroatoms. The molecule has 144 valence electrons. The van der Waals surface area contributed by atoms with Gasteiger partial charge >= 0.3 is 53.5 Å². The predicted octanol–water partition coefficient (Wildman–Crippen LogP) is 7.35. The van der Waals surface area contributed by atoms with Crippen LogP contribution in [0.15, 0.2) is 24.3 Å². The van der Waals surface area contributed by atoms with Crippen LogP contribution in [0.25, 0.3) is 0 Å². The Labute approximate surface area is 175 Å². The molecule has 0 saturated heterocycles. The normalized spacial score (nSPS) is 14.8. The molecule has 26 heavy (non-hydrogen) atoms. The maximum absolute atomic E-state index is 5.62. The van der Waals surface area contributed by atoms with Crippen LogP contribution in [0.4, 0.5) is 0 Å². The molecule has 0 saturated carbocycles. The van der Waals surface area contributed by atoms with Gasteiger partial charge in [0.1, 0.15) is 0 Å². The van der Waals surface area contributed by atoms with Gasteiger partial charge < -0.3 is 0 Å². The fraction of sp³-hybridized carbons (Fsp3) is 0.545. The second kappa shape index (κ2) is 11.4. The third-order valence-electron chi connectivity index (χ3n) is 5.09. The molecule has 0 radical (unpaired) electrons. The largest absolute Gasteiger partial charge is 0.207 e.